The van der Waals surface area contributed by atoms with Crippen LogP contribution in [-0.4, -0.2) is 78.0 Å². The Hall–Kier alpha value is -3.45. The molecule has 5 rings (SSSR count). The highest BCUT2D eigenvalue weighted by Crippen LogP contribution is 2.41. The predicted molar refractivity (Wildman–Crippen MR) is 139 cm³/mol. The molecular formula is C27H35N7O3. The van der Waals surface area contributed by atoms with Crippen molar-refractivity contribution in [1.29, 1.82) is 5.26 Å². The molecule has 3 fully saturated rings. The first-order chi connectivity index (χ1) is 18.0. The fraction of sp³-hybridized carbons (Fsp3) is 0.593. The number of anilines is 2. The number of rotatable bonds is 7. The van der Waals surface area contributed by atoms with Crippen molar-refractivity contribution in [2.75, 3.05) is 55.7 Å². The van der Waals surface area contributed by atoms with Crippen LogP contribution in [-0.2, 0) is 9.53 Å². The summed E-state index contributed by atoms with van der Waals surface area (Å²) in [7, 11) is 0. The van der Waals surface area contributed by atoms with Crippen molar-refractivity contribution in [1.82, 2.24) is 20.1 Å². The van der Waals surface area contributed by atoms with Gasteiger partial charge in [0.15, 0.2) is 0 Å². The number of likely N-dealkylation sites (tertiary alicyclic amines) is 1. The topological polar surface area (TPSA) is 118 Å². The van der Waals surface area contributed by atoms with Crippen LogP contribution in [0.4, 0.5) is 11.5 Å². The standard InChI is InChI=1S/C27H35N7O3/c1-20-23(17-30-31-26(20)36)34-10-2-3-22(34)18-37-14-6-25(35)32-11-7-27(8-12-32)9-13-33(19-27)24-5-4-21(15-28)16-29-24/h4-5,16-17,22H,2-3,6-14,18-19H2,1H3,(H,31,36)/t22-/m0/s1. The second kappa shape index (κ2) is 10.9. The van der Waals surface area contributed by atoms with E-state index in [0.29, 0.717) is 30.8 Å². The highest BCUT2D eigenvalue weighted by atomic mass is 16.5. The summed E-state index contributed by atoms with van der Waals surface area (Å²) in [5.41, 5.74) is 2.21. The van der Waals surface area contributed by atoms with Crippen LogP contribution < -0.4 is 15.4 Å². The smallest absolute Gasteiger partial charge is 0.269 e. The van der Waals surface area contributed by atoms with E-state index in [9.17, 15) is 9.59 Å². The lowest BCUT2D eigenvalue weighted by Gasteiger charge is -2.39. The van der Waals surface area contributed by atoms with Gasteiger partial charge in [-0.3, -0.25) is 9.59 Å². The number of hydrogen-bond donors (Lipinski definition) is 1. The van der Waals surface area contributed by atoms with Crippen LogP contribution in [0.15, 0.2) is 29.3 Å². The summed E-state index contributed by atoms with van der Waals surface area (Å²) < 4.78 is 5.94. The van der Waals surface area contributed by atoms with Gasteiger partial charge >= 0.3 is 0 Å². The van der Waals surface area contributed by atoms with Gasteiger partial charge in [-0.2, -0.15) is 10.4 Å². The van der Waals surface area contributed by atoms with Gasteiger partial charge in [0.1, 0.15) is 11.9 Å². The lowest BCUT2D eigenvalue weighted by Crippen LogP contribution is -2.44. The van der Waals surface area contributed by atoms with Crippen LogP contribution in [0.5, 0.6) is 0 Å². The number of hydrogen-bond acceptors (Lipinski definition) is 8. The molecule has 3 saturated heterocycles. The number of pyridine rings is 1. The third kappa shape index (κ3) is 5.47. The monoisotopic (exact) mass is 505 g/mol. The molecule has 0 unspecified atom stereocenters. The normalized spacial score (nSPS) is 21.0. The highest BCUT2D eigenvalue weighted by molar-refractivity contribution is 5.76. The Bertz CT molecular complexity index is 1200. The maximum atomic E-state index is 12.9. The second-order valence-corrected chi connectivity index (χ2v) is 10.6. The lowest BCUT2D eigenvalue weighted by molar-refractivity contribution is -0.134. The van der Waals surface area contributed by atoms with Gasteiger partial charge in [-0.25, -0.2) is 10.1 Å². The van der Waals surface area contributed by atoms with Gasteiger partial charge in [0, 0.05) is 44.5 Å². The van der Waals surface area contributed by atoms with Crippen molar-refractivity contribution < 1.29 is 9.53 Å². The van der Waals surface area contributed by atoms with E-state index in [-0.39, 0.29) is 22.9 Å². The predicted octanol–water partition coefficient (Wildman–Crippen LogP) is 2.24. The molecule has 0 radical (unpaired) electrons. The van der Waals surface area contributed by atoms with E-state index in [2.05, 4.69) is 31.1 Å². The quantitative estimate of drug-likeness (QED) is 0.569. The van der Waals surface area contributed by atoms with Gasteiger partial charge < -0.3 is 19.4 Å². The molecule has 3 aliphatic rings. The fourth-order valence-electron chi connectivity index (χ4n) is 6.01. The molecule has 0 aromatic carbocycles. The van der Waals surface area contributed by atoms with Crippen molar-refractivity contribution in [3.63, 3.8) is 0 Å². The Labute approximate surface area is 217 Å². The van der Waals surface area contributed by atoms with E-state index >= 15 is 0 Å². The zero-order valence-corrected chi connectivity index (χ0v) is 21.5. The van der Waals surface area contributed by atoms with Gasteiger partial charge in [0.05, 0.1) is 43.1 Å². The molecule has 5 heterocycles. The molecular weight excluding hydrogens is 470 g/mol. The Morgan fingerprint density at radius 2 is 2.03 bits per heavy atom. The number of H-pyrrole nitrogens is 1. The highest BCUT2D eigenvalue weighted by Gasteiger charge is 2.41. The zero-order valence-electron chi connectivity index (χ0n) is 21.5. The molecule has 0 bridgehead atoms. The number of ether oxygens (including phenoxy) is 1. The first-order valence-corrected chi connectivity index (χ1v) is 13.3. The van der Waals surface area contributed by atoms with Crippen molar-refractivity contribution in [2.45, 2.75) is 51.5 Å². The number of amides is 1. The summed E-state index contributed by atoms with van der Waals surface area (Å²) in [5.74, 6) is 1.09. The van der Waals surface area contributed by atoms with Crippen molar-refractivity contribution in [3.05, 3.63) is 46.0 Å². The molecule has 2 aromatic heterocycles. The van der Waals surface area contributed by atoms with Crippen molar-refractivity contribution in [3.8, 4) is 6.07 Å². The average Bonchev–Trinajstić information content (AvgIpc) is 3.56. The maximum Gasteiger partial charge on any atom is 0.269 e. The van der Waals surface area contributed by atoms with Crippen molar-refractivity contribution in [2.24, 2.45) is 5.41 Å². The van der Waals surface area contributed by atoms with Gasteiger partial charge in [0.25, 0.3) is 5.56 Å². The summed E-state index contributed by atoms with van der Waals surface area (Å²) in [6.45, 7) is 7.16. The zero-order chi connectivity index (χ0) is 25.8. The molecule has 0 saturated carbocycles. The molecule has 2 aromatic rings. The molecule has 3 aliphatic heterocycles. The molecule has 196 valence electrons. The summed E-state index contributed by atoms with van der Waals surface area (Å²) in [4.78, 5) is 35.8. The third-order valence-electron chi connectivity index (χ3n) is 8.35. The molecule has 10 heteroatoms. The minimum Gasteiger partial charge on any atom is -0.379 e. The Balaban J connectivity index is 1.05. The number of carbonyl (C=O) groups is 1. The van der Waals surface area contributed by atoms with Crippen LogP contribution in [0.3, 0.4) is 0 Å². The van der Waals surface area contributed by atoms with E-state index in [1.165, 1.54) is 0 Å². The summed E-state index contributed by atoms with van der Waals surface area (Å²) >= 11 is 0. The van der Waals surface area contributed by atoms with Gasteiger partial charge in [-0.05, 0) is 56.6 Å². The number of carbonyl (C=O) groups excluding carboxylic acids is 1. The van der Waals surface area contributed by atoms with Gasteiger partial charge in [-0.1, -0.05) is 0 Å². The number of aromatic amines is 1. The largest absolute Gasteiger partial charge is 0.379 e. The first kappa shape index (κ1) is 25.2. The van der Waals surface area contributed by atoms with Gasteiger partial charge in [0.2, 0.25) is 5.91 Å². The molecule has 1 spiro atoms. The summed E-state index contributed by atoms with van der Waals surface area (Å²) in [5, 5.41) is 15.4. The Morgan fingerprint density at radius 1 is 1.22 bits per heavy atom. The van der Waals surface area contributed by atoms with Crippen LogP contribution in [0.1, 0.15) is 49.7 Å². The molecule has 1 atom stereocenters. The van der Waals surface area contributed by atoms with Crippen LogP contribution >= 0.6 is 0 Å². The number of aromatic nitrogens is 3. The lowest BCUT2D eigenvalue weighted by atomic mass is 9.77. The fourth-order valence-corrected chi connectivity index (χ4v) is 6.01. The summed E-state index contributed by atoms with van der Waals surface area (Å²) in [6.07, 6.45) is 8.92. The van der Waals surface area contributed by atoms with Gasteiger partial charge in [-0.15, -0.1) is 0 Å². The van der Waals surface area contributed by atoms with E-state index in [4.69, 9.17) is 10.00 Å². The minimum atomic E-state index is -0.158. The SMILES string of the molecule is Cc1c(N2CCC[C@H]2COCCC(=O)N2CCC3(CC2)CCN(c2ccc(C#N)cn2)C3)cn[nH]c1=O. The third-order valence-corrected chi connectivity index (χ3v) is 8.35. The minimum absolute atomic E-state index is 0.158. The van der Waals surface area contributed by atoms with E-state index in [1.54, 1.807) is 12.4 Å². The second-order valence-electron chi connectivity index (χ2n) is 10.6. The molecule has 10 nitrogen and oxygen atoms in total. The summed E-state index contributed by atoms with van der Waals surface area (Å²) in [6, 6.07) is 6.07. The van der Waals surface area contributed by atoms with Crippen LogP contribution in [0.2, 0.25) is 0 Å². The van der Waals surface area contributed by atoms with E-state index in [0.717, 1.165) is 76.3 Å². The molecule has 1 amide bonds. The van der Waals surface area contributed by atoms with Crippen LogP contribution in [0.25, 0.3) is 0 Å². The molecule has 0 aliphatic carbocycles. The Kier molecular flexibility index (Phi) is 7.42. The van der Waals surface area contributed by atoms with E-state index < -0.39 is 0 Å². The average molecular weight is 506 g/mol. The maximum absolute atomic E-state index is 12.9. The number of nitriles is 1. The number of piperidine rings is 1. The Morgan fingerprint density at radius 3 is 2.78 bits per heavy atom. The number of nitrogens with zero attached hydrogens (tertiary/aromatic N) is 6. The molecule has 1 N–H and O–H groups in total. The van der Waals surface area contributed by atoms with Crippen molar-refractivity contribution >= 4 is 17.4 Å². The molecule has 37 heavy (non-hydrogen) atoms. The van der Waals surface area contributed by atoms with Crippen LogP contribution in [0, 0.1) is 23.7 Å². The first-order valence-electron chi connectivity index (χ1n) is 13.3. The number of nitrogens with one attached hydrogen (secondary N) is 1. The van der Waals surface area contributed by atoms with E-state index in [1.807, 2.05) is 24.0 Å².